The molecular weight excluding hydrogens is 265 g/mol. The molecule has 6 nitrogen and oxygen atoms in total. The summed E-state index contributed by atoms with van der Waals surface area (Å²) in [4.78, 5) is 19.2. The van der Waals surface area contributed by atoms with Crippen LogP contribution in [0.15, 0.2) is 18.6 Å². The van der Waals surface area contributed by atoms with Gasteiger partial charge in [0.05, 0.1) is 0 Å². The second kappa shape index (κ2) is 4.68. The van der Waals surface area contributed by atoms with E-state index in [-0.39, 0.29) is 21.7 Å². The van der Waals surface area contributed by atoms with Gasteiger partial charge in [0, 0.05) is 13.2 Å². The van der Waals surface area contributed by atoms with Crippen LogP contribution >= 0.6 is 23.2 Å². The third-order valence-corrected chi connectivity index (χ3v) is 2.67. The fourth-order valence-electron chi connectivity index (χ4n) is 1.14. The Morgan fingerprint density at radius 3 is 2.82 bits per heavy atom. The van der Waals surface area contributed by atoms with Crippen LogP contribution in [0.1, 0.15) is 10.5 Å². The summed E-state index contributed by atoms with van der Waals surface area (Å²) >= 11 is 11.5. The van der Waals surface area contributed by atoms with Crippen LogP contribution in [-0.2, 0) is 7.05 Å². The average Bonchev–Trinajstić information content (AvgIpc) is 2.72. The van der Waals surface area contributed by atoms with Gasteiger partial charge in [0.2, 0.25) is 0 Å². The number of carbonyl (C=O) groups is 1. The van der Waals surface area contributed by atoms with Gasteiger partial charge in [0.1, 0.15) is 11.3 Å². The highest BCUT2D eigenvalue weighted by Crippen LogP contribution is 2.25. The fourth-order valence-corrected chi connectivity index (χ4v) is 1.42. The van der Waals surface area contributed by atoms with Crippen molar-refractivity contribution in [3.8, 4) is 0 Å². The number of hydrogen-bond acceptors (Lipinski definition) is 4. The SMILES string of the molecule is Cn1ccc(C(=O)Nc2ncnc(Cl)c2Cl)n1. The van der Waals surface area contributed by atoms with Crippen LogP contribution in [0.2, 0.25) is 10.2 Å². The third-order valence-electron chi connectivity index (χ3n) is 1.93. The van der Waals surface area contributed by atoms with Gasteiger partial charge in [-0.3, -0.25) is 9.48 Å². The van der Waals surface area contributed by atoms with Crippen molar-refractivity contribution < 1.29 is 4.79 Å². The second-order valence-electron chi connectivity index (χ2n) is 3.16. The van der Waals surface area contributed by atoms with Gasteiger partial charge in [-0.1, -0.05) is 23.2 Å². The van der Waals surface area contributed by atoms with Gasteiger partial charge in [-0.15, -0.1) is 0 Å². The summed E-state index contributed by atoms with van der Waals surface area (Å²) in [7, 11) is 1.71. The monoisotopic (exact) mass is 271 g/mol. The second-order valence-corrected chi connectivity index (χ2v) is 3.89. The van der Waals surface area contributed by atoms with E-state index >= 15 is 0 Å². The smallest absolute Gasteiger partial charge is 0.277 e. The van der Waals surface area contributed by atoms with Gasteiger partial charge in [-0.2, -0.15) is 5.10 Å². The summed E-state index contributed by atoms with van der Waals surface area (Å²) in [6.07, 6.45) is 2.87. The molecule has 2 heterocycles. The first-order valence-corrected chi connectivity index (χ1v) is 5.30. The number of halogens is 2. The minimum Gasteiger partial charge on any atom is -0.304 e. The minimum atomic E-state index is -0.415. The summed E-state index contributed by atoms with van der Waals surface area (Å²) in [5.41, 5.74) is 0.262. The molecule has 88 valence electrons. The van der Waals surface area contributed by atoms with E-state index in [0.29, 0.717) is 0 Å². The molecule has 17 heavy (non-hydrogen) atoms. The number of aryl methyl sites for hydroxylation is 1. The topological polar surface area (TPSA) is 72.7 Å². The van der Waals surface area contributed by atoms with E-state index in [1.54, 1.807) is 19.3 Å². The Balaban J connectivity index is 2.21. The lowest BCUT2D eigenvalue weighted by molar-refractivity contribution is 0.102. The summed E-state index contributed by atoms with van der Waals surface area (Å²) in [6.45, 7) is 0. The fraction of sp³-hybridized carbons (Fsp3) is 0.111. The van der Waals surface area contributed by atoms with Gasteiger partial charge >= 0.3 is 0 Å². The van der Waals surface area contributed by atoms with E-state index in [0.717, 1.165) is 0 Å². The highest BCUT2D eigenvalue weighted by molar-refractivity contribution is 6.43. The first kappa shape index (κ1) is 11.8. The number of rotatable bonds is 2. The Labute approximate surface area is 107 Å². The van der Waals surface area contributed by atoms with Gasteiger partial charge in [-0.25, -0.2) is 9.97 Å². The molecule has 0 atom stereocenters. The van der Waals surface area contributed by atoms with E-state index < -0.39 is 5.91 Å². The number of amides is 1. The number of nitrogens with zero attached hydrogens (tertiary/aromatic N) is 4. The number of hydrogen-bond donors (Lipinski definition) is 1. The van der Waals surface area contributed by atoms with Crippen molar-refractivity contribution in [1.82, 2.24) is 19.7 Å². The molecule has 8 heteroatoms. The average molecular weight is 272 g/mol. The van der Waals surface area contributed by atoms with Crippen molar-refractivity contribution in [2.75, 3.05) is 5.32 Å². The number of anilines is 1. The van der Waals surface area contributed by atoms with E-state index in [1.165, 1.54) is 11.0 Å². The standard InChI is InChI=1S/C9H7Cl2N5O/c1-16-3-2-5(15-16)9(17)14-8-6(10)7(11)12-4-13-8/h2-4H,1H3,(H,12,13,14,17). The third kappa shape index (κ3) is 2.54. The lowest BCUT2D eigenvalue weighted by Crippen LogP contribution is -2.14. The number of aromatic nitrogens is 4. The van der Waals surface area contributed by atoms with Gasteiger partial charge in [0.25, 0.3) is 5.91 Å². The zero-order valence-electron chi connectivity index (χ0n) is 8.69. The molecule has 0 saturated carbocycles. The molecule has 2 aromatic heterocycles. The molecule has 0 aliphatic heterocycles. The van der Waals surface area contributed by atoms with Gasteiger partial charge < -0.3 is 5.32 Å². The van der Waals surface area contributed by atoms with Gasteiger partial charge in [0.15, 0.2) is 16.7 Å². The van der Waals surface area contributed by atoms with Crippen molar-refractivity contribution in [3.05, 3.63) is 34.5 Å². The lowest BCUT2D eigenvalue weighted by atomic mass is 10.4. The van der Waals surface area contributed by atoms with Gasteiger partial charge in [-0.05, 0) is 6.07 Å². The van der Waals surface area contributed by atoms with Crippen molar-refractivity contribution in [2.24, 2.45) is 7.05 Å². The molecule has 0 spiro atoms. The maximum Gasteiger partial charge on any atom is 0.277 e. The highest BCUT2D eigenvalue weighted by Gasteiger charge is 2.13. The van der Waals surface area contributed by atoms with E-state index in [1.807, 2.05) is 0 Å². The molecule has 0 fully saturated rings. The van der Waals surface area contributed by atoms with Crippen LogP contribution in [0.25, 0.3) is 0 Å². The summed E-state index contributed by atoms with van der Waals surface area (Å²) in [5, 5.41) is 6.62. The molecule has 1 amide bonds. The molecule has 0 radical (unpaired) electrons. The number of carbonyl (C=O) groups excluding carboxylic acids is 1. The minimum absolute atomic E-state index is 0.0815. The van der Waals surface area contributed by atoms with Crippen LogP contribution in [0.3, 0.4) is 0 Å². The quantitative estimate of drug-likeness (QED) is 0.845. The van der Waals surface area contributed by atoms with Crippen LogP contribution in [-0.4, -0.2) is 25.7 Å². The van der Waals surface area contributed by atoms with Crippen LogP contribution in [0, 0.1) is 0 Å². The molecule has 0 aliphatic rings. The molecular formula is C9H7Cl2N5O. The summed E-state index contributed by atoms with van der Waals surface area (Å²) in [6, 6.07) is 1.58. The number of nitrogens with one attached hydrogen (secondary N) is 1. The summed E-state index contributed by atoms with van der Waals surface area (Å²) < 4.78 is 1.52. The Hall–Kier alpha value is -1.66. The van der Waals surface area contributed by atoms with Crippen LogP contribution in [0.4, 0.5) is 5.82 Å². The maximum absolute atomic E-state index is 11.7. The normalized spacial score (nSPS) is 10.3. The largest absolute Gasteiger partial charge is 0.304 e. The lowest BCUT2D eigenvalue weighted by Gasteiger charge is -2.04. The van der Waals surface area contributed by atoms with E-state index in [9.17, 15) is 4.79 Å². The predicted molar refractivity (Wildman–Crippen MR) is 63.2 cm³/mol. The Bertz CT molecular complexity index is 568. The Morgan fingerprint density at radius 1 is 1.41 bits per heavy atom. The predicted octanol–water partition coefficient (Wildman–Crippen LogP) is 1.77. The first-order chi connectivity index (χ1) is 8.08. The first-order valence-electron chi connectivity index (χ1n) is 4.55. The Kier molecular flexibility index (Phi) is 3.26. The molecule has 0 bridgehead atoms. The van der Waals surface area contributed by atoms with Crippen molar-refractivity contribution >= 4 is 34.9 Å². The molecule has 1 N–H and O–H groups in total. The molecule has 0 aliphatic carbocycles. The van der Waals surface area contributed by atoms with E-state index in [4.69, 9.17) is 23.2 Å². The van der Waals surface area contributed by atoms with Crippen LogP contribution in [0.5, 0.6) is 0 Å². The Morgan fingerprint density at radius 2 is 2.18 bits per heavy atom. The van der Waals surface area contributed by atoms with Crippen molar-refractivity contribution in [2.45, 2.75) is 0 Å². The van der Waals surface area contributed by atoms with Crippen molar-refractivity contribution in [3.63, 3.8) is 0 Å². The van der Waals surface area contributed by atoms with Crippen LogP contribution < -0.4 is 5.32 Å². The molecule has 0 unspecified atom stereocenters. The molecule has 2 aromatic rings. The van der Waals surface area contributed by atoms with E-state index in [2.05, 4.69) is 20.4 Å². The highest BCUT2D eigenvalue weighted by atomic mass is 35.5. The van der Waals surface area contributed by atoms with Crippen molar-refractivity contribution in [1.29, 1.82) is 0 Å². The molecule has 0 aromatic carbocycles. The maximum atomic E-state index is 11.7. The summed E-state index contributed by atoms with van der Waals surface area (Å²) in [5.74, 6) is -0.260. The molecule has 2 rings (SSSR count). The zero-order valence-corrected chi connectivity index (χ0v) is 10.2. The zero-order chi connectivity index (χ0) is 12.4. The molecule has 0 saturated heterocycles.